The summed E-state index contributed by atoms with van der Waals surface area (Å²) < 4.78 is 13.1. The zero-order valence-corrected chi connectivity index (χ0v) is 19.2. The van der Waals surface area contributed by atoms with Crippen LogP contribution in [0.15, 0.2) is 53.7 Å². The van der Waals surface area contributed by atoms with Gasteiger partial charge in [-0.05, 0) is 49.2 Å². The van der Waals surface area contributed by atoms with E-state index in [2.05, 4.69) is 30.4 Å². The Kier molecular flexibility index (Phi) is 9.96. The van der Waals surface area contributed by atoms with Gasteiger partial charge in [0.05, 0.1) is 0 Å². The summed E-state index contributed by atoms with van der Waals surface area (Å²) in [6, 6.07) is 12.6. The van der Waals surface area contributed by atoms with Gasteiger partial charge in [-0.2, -0.15) is 0 Å². The lowest BCUT2D eigenvalue weighted by molar-refractivity contribution is 0.372. The number of unbranched alkanes of at least 4 members (excludes halogenated alkanes) is 1. The van der Waals surface area contributed by atoms with Crippen LogP contribution in [-0.4, -0.2) is 62.2 Å². The van der Waals surface area contributed by atoms with Crippen molar-refractivity contribution in [3.05, 3.63) is 54.5 Å². The topological polar surface area (TPSA) is 55.8 Å². The number of pyridine rings is 1. The number of nitrogens with one attached hydrogen (secondary N) is 2. The van der Waals surface area contributed by atoms with Crippen LogP contribution >= 0.6 is 24.0 Å². The SMILES string of the molecule is CN=C(NCCCCNc1ccccn1)N1CCN(c2ccc(F)cc2)CC1.I. The van der Waals surface area contributed by atoms with Gasteiger partial charge in [-0.1, -0.05) is 6.07 Å². The van der Waals surface area contributed by atoms with E-state index >= 15 is 0 Å². The van der Waals surface area contributed by atoms with Crippen molar-refractivity contribution >= 4 is 41.4 Å². The predicted octanol–water partition coefficient (Wildman–Crippen LogP) is 3.43. The highest BCUT2D eigenvalue weighted by atomic mass is 127. The number of hydrogen-bond acceptors (Lipinski definition) is 4. The highest BCUT2D eigenvalue weighted by Gasteiger charge is 2.19. The van der Waals surface area contributed by atoms with Crippen molar-refractivity contribution in [2.24, 2.45) is 4.99 Å². The maximum absolute atomic E-state index is 13.1. The molecule has 1 aliphatic heterocycles. The molecule has 1 aliphatic rings. The van der Waals surface area contributed by atoms with Gasteiger partial charge in [0, 0.05) is 58.2 Å². The Morgan fingerprint density at radius 1 is 1.03 bits per heavy atom. The molecule has 0 unspecified atom stereocenters. The summed E-state index contributed by atoms with van der Waals surface area (Å²) in [6.45, 7) is 5.42. The summed E-state index contributed by atoms with van der Waals surface area (Å²) >= 11 is 0. The maximum Gasteiger partial charge on any atom is 0.193 e. The molecule has 1 aromatic carbocycles. The molecule has 0 saturated carbocycles. The Hall–Kier alpha value is -2.10. The maximum atomic E-state index is 13.1. The van der Waals surface area contributed by atoms with Gasteiger partial charge in [-0.3, -0.25) is 4.99 Å². The molecule has 2 heterocycles. The van der Waals surface area contributed by atoms with E-state index in [9.17, 15) is 4.39 Å². The van der Waals surface area contributed by atoms with E-state index in [1.165, 1.54) is 12.1 Å². The number of halogens is 2. The van der Waals surface area contributed by atoms with Crippen molar-refractivity contribution in [2.45, 2.75) is 12.8 Å². The second-order valence-electron chi connectivity index (χ2n) is 6.77. The van der Waals surface area contributed by atoms with Crippen molar-refractivity contribution < 1.29 is 4.39 Å². The van der Waals surface area contributed by atoms with Gasteiger partial charge in [-0.25, -0.2) is 9.37 Å². The fourth-order valence-corrected chi connectivity index (χ4v) is 3.29. The third-order valence-electron chi connectivity index (χ3n) is 4.84. The Labute approximate surface area is 189 Å². The summed E-state index contributed by atoms with van der Waals surface area (Å²) in [4.78, 5) is 13.2. The molecule has 0 aliphatic carbocycles. The number of nitrogens with zero attached hydrogens (tertiary/aromatic N) is 4. The lowest BCUT2D eigenvalue weighted by atomic mass is 10.2. The standard InChI is InChI=1S/C21H29FN6.HI/c1-23-21(26-13-5-4-12-25-20-6-2-3-11-24-20)28-16-14-27(15-17-28)19-9-7-18(22)8-10-19;/h2-3,6-11H,4-5,12-17H2,1H3,(H,23,26)(H,24,25);1H. The zero-order valence-electron chi connectivity index (χ0n) is 16.9. The highest BCUT2D eigenvalue weighted by Crippen LogP contribution is 2.16. The van der Waals surface area contributed by atoms with Gasteiger partial charge >= 0.3 is 0 Å². The van der Waals surface area contributed by atoms with Crippen LogP contribution < -0.4 is 15.5 Å². The Bertz CT molecular complexity index is 733. The molecule has 8 heteroatoms. The minimum Gasteiger partial charge on any atom is -0.370 e. The average molecular weight is 512 g/mol. The fourth-order valence-electron chi connectivity index (χ4n) is 3.29. The molecule has 0 amide bonds. The lowest BCUT2D eigenvalue weighted by Gasteiger charge is -2.37. The molecule has 158 valence electrons. The van der Waals surface area contributed by atoms with Gasteiger partial charge in [0.1, 0.15) is 11.6 Å². The minimum atomic E-state index is -0.192. The third-order valence-corrected chi connectivity index (χ3v) is 4.84. The number of aromatic nitrogens is 1. The summed E-state index contributed by atoms with van der Waals surface area (Å²) in [5, 5.41) is 6.79. The zero-order chi connectivity index (χ0) is 19.6. The molecule has 0 atom stereocenters. The second-order valence-corrected chi connectivity index (χ2v) is 6.77. The van der Waals surface area contributed by atoms with Crippen molar-refractivity contribution in [1.29, 1.82) is 0 Å². The van der Waals surface area contributed by atoms with Gasteiger partial charge in [0.15, 0.2) is 5.96 Å². The van der Waals surface area contributed by atoms with E-state index in [0.29, 0.717) is 0 Å². The van der Waals surface area contributed by atoms with E-state index in [0.717, 1.165) is 69.6 Å². The van der Waals surface area contributed by atoms with Gasteiger partial charge in [0.2, 0.25) is 0 Å². The van der Waals surface area contributed by atoms with Crippen LogP contribution in [0.4, 0.5) is 15.9 Å². The normalized spacial score (nSPS) is 14.3. The van der Waals surface area contributed by atoms with E-state index in [1.54, 1.807) is 6.20 Å². The van der Waals surface area contributed by atoms with E-state index in [-0.39, 0.29) is 29.8 Å². The average Bonchev–Trinajstić information content (AvgIpc) is 2.75. The first-order valence-electron chi connectivity index (χ1n) is 9.87. The quantitative estimate of drug-likeness (QED) is 0.258. The van der Waals surface area contributed by atoms with E-state index in [4.69, 9.17) is 0 Å². The summed E-state index contributed by atoms with van der Waals surface area (Å²) in [6.07, 6.45) is 3.93. The minimum absolute atomic E-state index is 0. The van der Waals surface area contributed by atoms with Crippen molar-refractivity contribution in [3.63, 3.8) is 0 Å². The molecule has 6 nitrogen and oxygen atoms in total. The largest absolute Gasteiger partial charge is 0.370 e. The van der Waals surface area contributed by atoms with Crippen LogP contribution in [0.5, 0.6) is 0 Å². The molecule has 1 saturated heterocycles. The molecule has 29 heavy (non-hydrogen) atoms. The van der Waals surface area contributed by atoms with E-state index in [1.807, 2.05) is 37.4 Å². The number of aliphatic imine (C=N–C) groups is 1. The number of hydrogen-bond donors (Lipinski definition) is 2. The number of piperazine rings is 1. The van der Waals surface area contributed by atoms with Crippen LogP contribution in [0.3, 0.4) is 0 Å². The number of rotatable bonds is 7. The molecule has 2 aromatic rings. The summed E-state index contributed by atoms with van der Waals surface area (Å²) in [5.74, 6) is 1.68. The monoisotopic (exact) mass is 512 g/mol. The fraction of sp³-hybridized carbons (Fsp3) is 0.429. The van der Waals surface area contributed by atoms with Gasteiger partial charge < -0.3 is 20.4 Å². The number of guanidine groups is 1. The molecule has 0 bridgehead atoms. The molecular formula is C21H30FIN6. The Morgan fingerprint density at radius 2 is 1.76 bits per heavy atom. The smallest absolute Gasteiger partial charge is 0.193 e. The summed E-state index contributed by atoms with van der Waals surface area (Å²) in [7, 11) is 1.83. The van der Waals surface area contributed by atoms with Crippen molar-refractivity contribution in [3.8, 4) is 0 Å². The molecule has 0 radical (unpaired) electrons. The van der Waals surface area contributed by atoms with Crippen LogP contribution in [0, 0.1) is 5.82 Å². The van der Waals surface area contributed by atoms with Crippen molar-refractivity contribution in [2.75, 3.05) is 56.5 Å². The first kappa shape index (κ1) is 23.2. The molecule has 3 rings (SSSR count). The van der Waals surface area contributed by atoms with Crippen LogP contribution in [-0.2, 0) is 0 Å². The third kappa shape index (κ3) is 7.34. The predicted molar refractivity (Wildman–Crippen MR) is 129 cm³/mol. The highest BCUT2D eigenvalue weighted by molar-refractivity contribution is 14.0. The number of anilines is 2. The van der Waals surface area contributed by atoms with Gasteiger partial charge in [-0.15, -0.1) is 24.0 Å². The first-order valence-corrected chi connectivity index (χ1v) is 9.87. The molecular weight excluding hydrogens is 482 g/mol. The van der Waals surface area contributed by atoms with Gasteiger partial charge in [0.25, 0.3) is 0 Å². The van der Waals surface area contributed by atoms with Crippen molar-refractivity contribution in [1.82, 2.24) is 15.2 Å². The van der Waals surface area contributed by atoms with E-state index < -0.39 is 0 Å². The molecule has 1 fully saturated rings. The first-order chi connectivity index (χ1) is 13.8. The molecule has 2 N–H and O–H groups in total. The summed E-state index contributed by atoms with van der Waals surface area (Å²) in [5.41, 5.74) is 1.07. The Balaban J connectivity index is 0.00000300. The van der Waals surface area contributed by atoms with Crippen LogP contribution in [0.2, 0.25) is 0 Å². The van der Waals surface area contributed by atoms with Crippen LogP contribution in [0.25, 0.3) is 0 Å². The Morgan fingerprint density at radius 3 is 2.41 bits per heavy atom. The molecule has 0 spiro atoms. The molecule has 1 aromatic heterocycles. The lowest BCUT2D eigenvalue weighted by Crippen LogP contribution is -2.52. The number of benzene rings is 1. The van der Waals surface area contributed by atoms with Crippen LogP contribution in [0.1, 0.15) is 12.8 Å². The second kappa shape index (κ2) is 12.5.